The van der Waals surface area contributed by atoms with Gasteiger partial charge in [0, 0.05) is 32.3 Å². The van der Waals surface area contributed by atoms with E-state index in [1.165, 1.54) is 0 Å². The molecular formula is C17H23N5O. The summed E-state index contributed by atoms with van der Waals surface area (Å²) in [6.07, 6.45) is 6.69. The van der Waals surface area contributed by atoms with Crippen LogP contribution in [-0.2, 0) is 4.79 Å². The fourth-order valence-electron chi connectivity index (χ4n) is 3.64. The van der Waals surface area contributed by atoms with E-state index in [9.17, 15) is 4.79 Å². The minimum atomic E-state index is 0.291. The van der Waals surface area contributed by atoms with Gasteiger partial charge in [0.15, 0.2) is 0 Å². The van der Waals surface area contributed by atoms with Crippen molar-refractivity contribution in [1.82, 2.24) is 19.9 Å². The molecule has 1 aliphatic heterocycles. The number of carbonyl (C=O) groups is 1. The highest BCUT2D eigenvalue weighted by Gasteiger charge is 2.38. The van der Waals surface area contributed by atoms with E-state index < -0.39 is 0 Å². The van der Waals surface area contributed by atoms with Gasteiger partial charge in [-0.2, -0.15) is 0 Å². The molecule has 122 valence electrons. The van der Waals surface area contributed by atoms with Gasteiger partial charge in [0.25, 0.3) is 0 Å². The Kier molecular flexibility index (Phi) is 3.47. The van der Waals surface area contributed by atoms with E-state index in [-0.39, 0.29) is 0 Å². The molecule has 1 saturated carbocycles. The SMILES string of the molecule is CC1CCN(C(=O)C2CC2)CC1N(C)c1ncnc2[nH]ccc12. The van der Waals surface area contributed by atoms with Gasteiger partial charge >= 0.3 is 0 Å². The number of hydrogen-bond acceptors (Lipinski definition) is 4. The van der Waals surface area contributed by atoms with Crippen LogP contribution in [-0.4, -0.2) is 51.9 Å². The maximum absolute atomic E-state index is 12.4. The van der Waals surface area contributed by atoms with Crippen LogP contribution in [0.5, 0.6) is 0 Å². The second-order valence-electron chi connectivity index (χ2n) is 6.94. The van der Waals surface area contributed by atoms with Gasteiger partial charge in [-0.15, -0.1) is 0 Å². The van der Waals surface area contributed by atoms with Crippen LogP contribution in [0.25, 0.3) is 11.0 Å². The minimum absolute atomic E-state index is 0.291. The summed E-state index contributed by atoms with van der Waals surface area (Å²) in [6, 6.07) is 2.31. The third-order valence-corrected chi connectivity index (χ3v) is 5.32. The molecule has 2 atom stereocenters. The van der Waals surface area contributed by atoms with Gasteiger partial charge in [0.2, 0.25) is 5.91 Å². The number of fused-ring (bicyclic) bond motifs is 1. The number of aromatic amines is 1. The predicted molar refractivity (Wildman–Crippen MR) is 89.2 cm³/mol. The van der Waals surface area contributed by atoms with E-state index in [0.29, 0.717) is 23.8 Å². The Hall–Kier alpha value is -2.11. The van der Waals surface area contributed by atoms with Crippen molar-refractivity contribution in [2.45, 2.75) is 32.2 Å². The van der Waals surface area contributed by atoms with Gasteiger partial charge in [-0.25, -0.2) is 9.97 Å². The molecule has 2 unspecified atom stereocenters. The number of rotatable bonds is 3. The molecule has 0 bridgehead atoms. The normalized spacial score (nSPS) is 24.9. The number of likely N-dealkylation sites (tertiary alicyclic amines) is 1. The molecule has 1 aliphatic carbocycles. The van der Waals surface area contributed by atoms with E-state index >= 15 is 0 Å². The summed E-state index contributed by atoms with van der Waals surface area (Å²) in [7, 11) is 2.08. The van der Waals surface area contributed by atoms with Crippen LogP contribution in [0.1, 0.15) is 26.2 Å². The van der Waals surface area contributed by atoms with Gasteiger partial charge < -0.3 is 14.8 Å². The smallest absolute Gasteiger partial charge is 0.225 e. The Morgan fingerprint density at radius 3 is 2.96 bits per heavy atom. The number of carbonyl (C=O) groups excluding carboxylic acids is 1. The van der Waals surface area contributed by atoms with E-state index in [1.807, 2.05) is 12.3 Å². The molecule has 2 aromatic rings. The molecular weight excluding hydrogens is 290 g/mol. The van der Waals surface area contributed by atoms with Crippen LogP contribution in [0, 0.1) is 11.8 Å². The van der Waals surface area contributed by atoms with E-state index in [1.54, 1.807) is 6.33 Å². The van der Waals surface area contributed by atoms with Gasteiger partial charge in [-0.3, -0.25) is 4.79 Å². The lowest BCUT2D eigenvalue weighted by molar-refractivity contribution is -0.134. The lowest BCUT2D eigenvalue weighted by atomic mass is 9.92. The van der Waals surface area contributed by atoms with Crippen LogP contribution in [0.15, 0.2) is 18.6 Å². The highest BCUT2D eigenvalue weighted by atomic mass is 16.2. The second kappa shape index (κ2) is 5.51. The van der Waals surface area contributed by atoms with E-state index in [0.717, 1.165) is 49.2 Å². The zero-order valence-corrected chi connectivity index (χ0v) is 13.7. The zero-order chi connectivity index (χ0) is 16.0. The molecule has 1 N–H and O–H groups in total. The number of amides is 1. The van der Waals surface area contributed by atoms with Gasteiger partial charge in [0.05, 0.1) is 11.4 Å². The van der Waals surface area contributed by atoms with Gasteiger partial charge in [-0.05, 0) is 31.2 Å². The van der Waals surface area contributed by atoms with Crippen molar-refractivity contribution in [3.63, 3.8) is 0 Å². The number of anilines is 1. The summed E-state index contributed by atoms with van der Waals surface area (Å²) in [5.41, 5.74) is 0.858. The first kappa shape index (κ1) is 14.5. The maximum Gasteiger partial charge on any atom is 0.225 e. The zero-order valence-electron chi connectivity index (χ0n) is 13.7. The van der Waals surface area contributed by atoms with Crippen LogP contribution >= 0.6 is 0 Å². The number of nitrogens with zero attached hydrogens (tertiary/aromatic N) is 4. The lowest BCUT2D eigenvalue weighted by Gasteiger charge is -2.42. The molecule has 4 rings (SSSR count). The fourth-order valence-corrected chi connectivity index (χ4v) is 3.64. The van der Waals surface area contributed by atoms with Gasteiger partial charge in [-0.1, -0.05) is 6.92 Å². The van der Waals surface area contributed by atoms with Crippen molar-refractivity contribution < 1.29 is 4.79 Å². The lowest BCUT2D eigenvalue weighted by Crippen LogP contribution is -2.53. The number of likely N-dealkylation sites (N-methyl/N-ethyl adjacent to an activating group) is 1. The summed E-state index contributed by atoms with van der Waals surface area (Å²) in [5.74, 6) is 2.12. The molecule has 2 aliphatic rings. The van der Waals surface area contributed by atoms with Crippen molar-refractivity contribution in [2.75, 3.05) is 25.0 Å². The monoisotopic (exact) mass is 313 g/mol. The van der Waals surface area contributed by atoms with Crippen molar-refractivity contribution >= 4 is 22.8 Å². The first-order valence-electron chi connectivity index (χ1n) is 8.45. The highest BCUT2D eigenvalue weighted by molar-refractivity contribution is 5.87. The quantitative estimate of drug-likeness (QED) is 0.942. The van der Waals surface area contributed by atoms with E-state index in [2.05, 4.69) is 38.7 Å². The summed E-state index contributed by atoms with van der Waals surface area (Å²) in [4.78, 5) is 28.6. The highest BCUT2D eigenvalue weighted by Crippen LogP contribution is 2.34. The Labute approximate surface area is 135 Å². The molecule has 2 fully saturated rings. The van der Waals surface area contributed by atoms with Crippen LogP contribution < -0.4 is 4.90 Å². The molecule has 3 heterocycles. The van der Waals surface area contributed by atoms with Crippen LogP contribution in [0.4, 0.5) is 5.82 Å². The number of aromatic nitrogens is 3. The minimum Gasteiger partial charge on any atom is -0.354 e. The molecule has 23 heavy (non-hydrogen) atoms. The average molecular weight is 313 g/mol. The number of hydrogen-bond donors (Lipinski definition) is 1. The first-order chi connectivity index (χ1) is 11.1. The average Bonchev–Trinajstić information content (AvgIpc) is 3.30. The summed E-state index contributed by atoms with van der Waals surface area (Å²) in [5, 5.41) is 1.04. The maximum atomic E-state index is 12.4. The largest absolute Gasteiger partial charge is 0.354 e. The van der Waals surface area contributed by atoms with Crippen LogP contribution in [0.3, 0.4) is 0 Å². The van der Waals surface area contributed by atoms with Crippen molar-refractivity contribution in [3.8, 4) is 0 Å². The Bertz CT molecular complexity index is 723. The second-order valence-corrected chi connectivity index (χ2v) is 6.94. The van der Waals surface area contributed by atoms with Crippen LogP contribution in [0.2, 0.25) is 0 Å². The molecule has 1 amide bonds. The van der Waals surface area contributed by atoms with Crippen molar-refractivity contribution in [1.29, 1.82) is 0 Å². The molecule has 6 heteroatoms. The standard InChI is InChI=1S/C17H23N5O/c1-11-6-8-22(17(23)12-3-4-12)9-14(11)21(2)16-13-5-7-18-15(13)19-10-20-16/h5,7,10-12,14H,3-4,6,8-9H2,1-2H3,(H,18,19,20). The molecule has 0 radical (unpaired) electrons. The summed E-state index contributed by atoms with van der Waals surface area (Å²) < 4.78 is 0. The summed E-state index contributed by atoms with van der Waals surface area (Å²) >= 11 is 0. The Balaban J connectivity index is 1.59. The molecule has 2 aromatic heterocycles. The topological polar surface area (TPSA) is 65.1 Å². The molecule has 1 saturated heterocycles. The number of piperidine rings is 1. The summed E-state index contributed by atoms with van der Waals surface area (Å²) in [6.45, 7) is 3.96. The predicted octanol–water partition coefficient (Wildman–Crippen LogP) is 2.04. The number of H-pyrrole nitrogens is 1. The van der Waals surface area contributed by atoms with Gasteiger partial charge in [0.1, 0.15) is 17.8 Å². The number of nitrogens with one attached hydrogen (secondary N) is 1. The third kappa shape index (κ3) is 2.56. The van der Waals surface area contributed by atoms with Crippen molar-refractivity contribution in [2.24, 2.45) is 11.8 Å². The third-order valence-electron chi connectivity index (χ3n) is 5.32. The van der Waals surface area contributed by atoms with Crippen molar-refractivity contribution in [3.05, 3.63) is 18.6 Å². The molecule has 0 aromatic carbocycles. The molecule has 6 nitrogen and oxygen atoms in total. The van der Waals surface area contributed by atoms with E-state index in [4.69, 9.17) is 0 Å². The Morgan fingerprint density at radius 1 is 1.35 bits per heavy atom. The Morgan fingerprint density at radius 2 is 2.17 bits per heavy atom. The molecule has 0 spiro atoms. The first-order valence-corrected chi connectivity index (χ1v) is 8.45. The fraction of sp³-hybridized carbons (Fsp3) is 0.588.